The van der Waals surface area contributed by atoms with Gasteiger partial charge in [-0.1, -0.05) is 0 Å². The van der Waals surface area contributed by atoms with E-state index in [2.05, 4.69) is 23.0 Å². The molecule has 3 rings (SSSR count). The molecule has 19 heavy (non-hydrogen) atoms. The van der Waals surface area contributed by atoms with Crippen molar-refractivity contribution in [3.63, 3.8) is 0 Å². The summed E-state index contributed by atoms with van der Waals surface area (Å²) in [6.07, 6.45) is 1.44. The molecular weight excluding hydrogens is 241 g/mol. The molecule has 3 nitrogen and oxygen atoms in total. The van der Waals surface area contributed by atoms with Crippen molar-refractivity contribution in [2.24, 2.45) is 7.05 Å². The van der Waals surface area contributed by atoms with E-state index in [0.717, 1.165) is 11.0 Å². The van der Waals surface area contributed by atoms with Crippen molar-refractivity contribution in [2.45, 2.75) is 13.8 Å². The molecule has 0 spiro atoms. The summed E-state index contributed by atoms with van der Waals surface area (Å²) in [5.74, 6) is 0.111. The van der Waals surface area contributed by atoms with Crippen molar-refractivity contribution >= 4 is 11.0 Å². The van der Waals surface area contributed by atoms with Crippen LogP contribution in [0.5, 0.6) is 0 Å². The van der Waals surface area contributed by atoms with Crippen molar-refractivity contribution in [1.82, 2.24) is 14.5 Å². The average Bonchev–Trinajstić information content (AvgIpc) is 2.68. The third kappa shape index (κ3) is 1.80. The van der Waals surface area contributed by atoms with Crippen molar-refractivity contribution in [1.29, 1.82) is 0 Å². The van der Waals surface area contributed by atoms with Crippen molar-refractivity contribution in [3.8, 4) is 11.4 Å². The maximum Gasteiger partial charge on any atom is 0.223 e. The molecule has 1 aromatic carbocycles. The van der Waals surface area contributed by atoms with Gasteiger partial charge in [-0.2, -0.15) is 4.39 Å². The fourth-order valence-electron chi connectivity index (χ4n) is 2.24. The largest absolute Gasteiger partial charge is 0.327 e. The second kappa shape index (κ2) is 4.16. The van der Waals surface area contributed by atoms with Gasteiger partial charge in [-0.25, -0.2) is 9.97 Å². The Kier molecular flexibility index (Phi) is 2.59. The summed E-state index contributed by atoms with van der Waals surface area (Å²) < 4.78 is 15.7. The molecule has 96 valence electrons. The van der Waals surface area contributed by atoms with Crippen LogP contribution in [0.15, 0.2) is 30.5 Å². The molecule has 0 atom stereocenters. The Morgan fingerprint density at radius 1 is 1.16 bits per heavy atom. The highest BCUT2D eigenvalue weighted by atomic mass is 19.1. The summed E-state index contributed by atoms with van der Waals surface area (Å²) in [6, 6.07) is 7.52. The molecule has 0 radical (unpaired) electrons. The lowest BCUT2D eigenvalue weighted by Gasteiger charge is -2.03. The topological polar surface area (TPSA) is 30.7 Å². The van der Waals surface area contributed by atoms with Gasteiger partial charge in [0.05, 0.1) is 16.6 Å². The molecule has 0 aliphatic rings. The number of nitrogens with zero attached hydrogens (tertiary/aromatic N) is 3. The molecule has 3 aromatic rings. The molecule has 2 aromatic heterocycles. The van der Waals surface area contributed by atoms with Crippen LogP contribution in [0.2, 0.25) is 0 Å². The first kappa shape index (κ1) is 11.8. The highest BCUT2D eigenvalue weighted by Gasteiger charge is 2.14. The van der Waals surface area contributed by atoms with Gasteiger partial charge in [0.2, 0.25) is 5.95 Å². The summed E-state index contributed by atoms with van der Waals surface area (Å²) >= 11 is 0. The first-order valence-corrected chi connectivity index (χ1v) is 6.12. The molecule has 0 aliphatic carbocycles. The second-order valence-electron chi connectivity index (χ2n) is 4.76. The van der Waals surface area contributed by atoms with Gasteiger partial charge >= 0.3 is 0 Å². The minimum absolute atomic E-state index is 0.427. The van der Waals surface area contributed by atoms with E-state index in [4.69, 9.17) is 0 Å². The van der Waals surface area contributed by atoms with E-state index in [1.165, 1.54) is 17.3 Å². The third-order valence-corrected chi connectivity index (χ3v) is 3.50. The SMILES string of the molecule is Cc1cc2nc(-c3cccnc3F)n(C)c2cc1C. The molecule has 0 aliphatic heterocycles. The molecule has 2 heterocycles. The quantitative estimate of drug-likeness (QED) is 0.624. The maximum atomic E-state index is 13.8. The molecule has 4 heteroatoms. The summed E-state index contributed by atoms with van der Waals surface area (Å²) in [5, 5.41) is 0. The zero-order valence-corrected chi connectivity index (χ0v) is 11.1. The van der Waals surface area contributed by atoms with E-state index in [0.29, 0.717) is 11.4 Å². The minimum Gasteiger partial charge on any atom is -0.327 e. The van der Waals surface area contributed by atoms with Crippen LogP contribution in [-0.4, -0.2) is 14.5 Å². The lowest BCUT2D eigenvalue weighted by atomic mass is 10.1. The molecule has 0 saturated carbocycles. The van der Waals surface area contributed by atoms with Crippen LogP contribution in [0, 0.1) is 19.8 Å². The van der Waals surface area contributed by atoms with Crippen LogP contribution in [-0.2, 0) is 7.05 Å². The van der Waals surface area contributed by atoms with E-state index < -0.39 is 5.95 Å². The van der Waals surface area contributed by atoms with Crippen molar-refractivity contribution < 1.29 is 4.39 Å². The van der Waals surface area contributed by atoms with Gasteiger partial charge in [0.25, 0.3) is 0 Å². The number of hydrogen-bond acceptors (Lipinski definition) is 2. The molecular formula is C15H14FN3. The van der Waals surface area contributed by atoms with Gasteiger partial charge in [-0.3, -0.25) is 0 Å². The van der Waals surface area contributed by atoms with E-state index in [1.807, 2.05) is 24.6 Å². The summed E-state index contributed by atoms with van der Waals surface area (Å²) in [5.41, 5.74) is 4.69. The Balaban J connectivity index is 2.32. The average molecular weight is 255 g/mol. The molecule has 0 N–H and O–H groups in total. The van der Waals surface area contributed by atoms with Crippen LogP contribution >= 0.6 is 0 Å². The Labute approximate surface area is 110 Å². The smallest absolute Gasteiger partial charge is 0.223 e. The van der Waals surface area contributed by atoms with E-state index in [1.54, 1.807) is 12.1 Å². The number of halogens is 1. The van der Waals surface area contributed by atoms with Crippen LogP contribution in [0.3, 0.4) is 0 Å². The number of hydrogen-bond donors (Lipinski definition) is 0. The van der Waals surface area contributed by atoms with Gasteiger partial charge in [0.1, 0.15) is 5.82 Å². The predicted molar refractivity (Wildman–Crippen MR) is 73.4 cm³/mol. The number of benzene rings is 1. The first-order valence-electron chi connectivity index (χ1n) is 6.12. The summed E-state index contributed by atoms with van der Waals surface area (Å²) in [4.78, 5) is 8.21. The Morgan fingerprint density at radius 2 is 1.89 bits per heavy atom. The normalized spacial score (nSPS) is 11.2. The van der Waals surface area contributed by atoms with Crippen molar-refractivity contribution in [3.05, 3.63) is 47.5 Å². The Morgan fingerprint density at radius 3 is 2.63 bits per heavy atom. The number of fused-ring (bicyclic) bond motifs is 1. The number of aryl methyl sites for hydroxylation is 3. The summed E-state index contributed by atoms with van der Waals surface area (Å²) in [7, 11) is 1.89. The van der Waals surface area contributed by atoms with Crippen LogP contribution < -0.4 is 0 Å². The molecule has 0 saturated heterocycles. The van der Waals surface area contributed by atoms with Crippen molar-refractivity contribution in [2.75, 3.05) is 0 Å². The van der Waals surface area contributed by atoms with Crippen LogP contribution in [0.4, 0.5) is 4.39 Å². The number of rotatable bonds is 1. The number of imidazole rings is 1. The van der Waals surface area contributed by atoms with Gasteiger partial charge in [0.15, 0.2) is 0 Å². The lowest BCUT2D eigenvalue weighted by molar-refractivity contribution is 0.585. The lowest BCUT2D eigenvalue weighted by Crippen LogP contribution is -1.96. The monoisotopic (exact) mass is 255 g/mol. The van der Waals surface area contributed by atoms with Gasteiger partial charge < -0.3 is 4.57 Å². The maximum absolute atomic E-state index is 13.8. The minimum atomic E-state index is -0.491. The molecule has 0 bridgehead atoms. The van der Waals surface area contributed by atoms with Crippen LogP contribution in [0.1, 0.15) is 11.1 Å². The number of pyridine rings is 1. The highest BCUT2D eigenvalue weighted by Crippen LogP contribution is 2.26. The molecule has 0 unspecified atom stereocenters. The standard InChI is InChI=1S/C15H14FN3/c1-9-7-12-13(8-10(9)2)19(3)15(18-12)11-5-4-6-17-14(11)16/h4-8H,1-3H3. The van der Waals surface area contributed by atoms with Gasteiger partial charge in [0, 0.05) is 13.2 Å². The molecule has 0 amide bonds. The fraction of sp³-hybridized carbons (Fsp3) is 0.200. The van der Waals surface area contributed by atoms with E-state index in [9.17, 15) is 4.39 Å². The Bertz CT molecular complexity index is 774. The highest BCUT2D eigenvalue weighted by molar-refractivity contribution is 5.82. The first-order chi connectivity index (χ1) is 9.08. The van der Waals surface area contributed by atoms with Gasteiger partial charge in [-0.05, 0) is 49.2 Å². The molecule has 0 fully saturated rings. The third-order valence-electron chi connectivity index (χ3n) is 3.50. The zero-order valence-electron chi connectivity index (χ0n) is 11.1. The number of aromatic nitrogens is 3. The van der Waals surface area contributed by atoms with Gasteiger partial charge in [-0.15, -0.1) is 0 Å². The second-order valence-corrected chi connectivity index (χ2v) is 4.76. The van der Waals surface area contributed by atoms with E-state index in [-0.39, 0.29) is 0 Å². The fourth-order valence-corrected chi connectivity index (χ4v) is 2.24. The van der Waals surface area contributed by atoms with Crippen LogP contribution in [0.25, 0.3) is 22.4 Å². The predicted octanol–water partition coefficient (Wildman–Crippen LogP) is 3.39. The zero-order chi connectivity index (χ0) is 13.6. The Hall–Kier alpha value is -2.23. The van der Waals surface area contributed by atoms with E-state index >= 15 is 0 Å². The summed E-state index contributed by atoms with van der Waals surface area (Å²) in [6.45, 7) is 4.11.